The van der Waals surface area contributed by atoms with E-state index in [-0.39, 0.29) is 12.6 Å². The van der Waals surface area contributed by atoms with E-state index in [2.05, 4.69) is 17.1 Å². The number of hydrogen-bond acceptors (Lipinski definition) is 3. The van der Waals surface area contributed by atoms with Crippen LogP contribution in [-0.2, 0) is 4.74 Å². The molecule has 16 heavy (non-hydrogen) atoms. The van der Waals surface area contributed by atoms with Crippen molar-refractivity contribution in [3.8, 4) is 0 Å². The first kappa shape index (κ1) is 15.7. The first-order valence-electron chi connectivity index (χ1n) is 5.60. The van der Waals surface area contributed by atoms with Gasteiger partial charge < -0.3 is 4.74 Å². The second-order valence-corrected chi connectivity index (χ2v) is 3.82. The monoisotopic (exact) mass is 242 g/mol. The molecule has 0 aromatic carbocycles. The topological polar surface area (TPSA) is 47.3 Å². The third-order valence-corrected chi connectivity index (χ3v) is 2.27. The van der Waals surface area contributed by atoms with Gasteiger partial charge in [-0.25, -0.2) is 0 Å². The van der Waals surface area contributed by atoms with Gasteiger partial charge in [0.05, 0.1) is 0 Å². The quantitative estimate of drug-likeness (QED) is 0.371. The molecule has 0 fully saturated rings. The van der Waals surface area contributed by atoms with Crippen molar-refractivity contribution in [3.05, 3.63) is 0 Å². The minimum atomic E-state index is -4.24. The molecule has 0 aromatic rings. The molecule has 0 aliphatic heterocycles. The van der Waals surface area contributed by atoms with E-state index in [9.17, 15) is 13.2 Å². The Kier molecular flexibility index (Phi) is 8.60. The molecule has 0 aromatic heterocycles. The molecule has 0 saturated carbocycles. The van der Waals surface area contributed by atoms with Gasteiger partial charge in [-0.1, -0.05) is 26.2 Å². The molecule has 0 radical (unpaired) electrons. The highest BCUT2D eigenvalue weighted by Crippen LogP contribution is 2.14. The van der Waals surface area contributed by atoms with Crippen LogP contribution in [0.5, 0.6) is 0 Å². The number of hydrazine groups is 1. The van der Waals surface area contributed by atoms with Crippen molar-refractivity contribution in [1.82, 2.24) is 5.43 Å². The molecular formula is C10H21F3N2O. The molecule has 98 valence electrons. The fourth-order valence-corrected chi connectivity index (χ4v) is 1.37. The van der Waals surface area contributed by atoms with Crippen molar-refractivity contribution in [1.29, 1.82) is 0 Å². The van der Waals surface area contributed by atoms with Gasteiger partial charge in [0.15, 0.2) is 0 Å². The van der Waals surface area contributed by atoms with Gasteiger partial charge in [-0.3, -0.25) is 11.3 Å². The zero-order valence-corrected chi connectivity index (χ0v) is 9.65. The Balaban J connectivity index is 3.47. The van der Waals surface area contributed by atoms with Crippen molar-refractivity contribution in [3.63, 3.8) is 0 Å². The molecule has 1 atom stereocenters. The van der Waals surface area contributed by atoms with Crippen LogP contribution < -0.4 is 11.3 Å². The molecule has 3 N–H and O–H groups in total. The van der Waals surface area contributed by atoms with Gasteiger partial charge in [0.25, 0.3) is 0 Å². The number of ether oxygens (including phenoxy) is 1. The number of halogens is 3. The number of nitrogens with one attached hydrogen (secondary N) is 1. The highest BCUT2D eigenvalue weighted by molar-refractivity contribution is 4.63. The third-order valence-electron chi connectivity index (χ3n) is 2.27. The van der Waals surface area contributed by atoms with Crippen LogP contribution in [0.25, 0.3) is 0 Å². The Morgan fingerprint density at radius 1 is 1.25 bits per heavy atom. The van der Waals surface area contributed by atoms with Gasteiger partial charge >= 0.3 is 6.18 Å². The fourth-order valence-electron chi connectivity index (χ4n) is 1.37. The van der Waals surface area contributed by atoms with Crippen LogP contribution in [-0.4, -0.2) is 25.4 Å². The Labute approximate surface area is 94.5 Å². The highest BCUT2D eigenvalue weighted by atomic mass is 19.4. The molecule has 0 aliphatic rings. The summed E-state index contributed by atoms with van der Waals surface area (Å²) >= 11 is 0. The van der Waals surface area contributed by atoms with Crippen LogP contribution in [0.1, 0.15) is 39.0 Å². The predicted molar refractivity (Wildman–Crippen MR) is 56.7 cm³/mol. The lowest BCUT2D eigenvalue weighted by Crippen LogP contribution is -2.36. The minimum absolute atomic E-state index is 0.0415. The van der Waals surface area contributed by atoms with Crippen LogP contribution in [0, 0.1) is 0 Å². The average Bonchev–Trinajstić information content (AvgIpc) is 2.20. The molecule has 0 saturated heterocycles. The van der Waals surface area contributed by atoms with E-state index in [1.165, 1.54) is 0 Å². The molecule has 6 heteroatoms. The van der Waals surface area contributed by atoms with E-state index in [1.807, 2.05) is 0 Å². The van der Waals surface area contributed by atoms with Crippen LogP contribution in [0.15, 0.2) is 0 Å². The first-order valence-corrected chi connectivity index (χ1v) is 5.60. The summed E-state index contributed by atoms with van der Waals surface area (Å²) in [7, 11) is 0. The van der Waals surface area contributed by atoms with Gasteiger partial charge in [-0.2, -0.15) is 13.2 Å². The Hall–Kier alpha value is -0.330. The number of unbranched alkanes of at least 4 members (excludes halogenated alkanes) is 2. The van der Waals surface area contributed by atoms with Crippen molar-refractivity contribution >= 4 is 0 Å². The second kappa shape index (κ2) is 8.78. The van der Waals surface area contributed by atoms with Crippen molar-refractivity contribution < 1.29 is 17.9 Å². The summed E-state index contributed by atoms with van der Waals surface area (Å²) in [6.45, 7) is 0.997. The lowest BCUT2D eigenvalue weighted by Gasteiger charge is -2.16. The SMILES string of the molecule is CCCCCC(CCOCC(F)(F)F)NN. The molecule has 0 spiro atoms. The molecule has 0 amide bonds. The van der Waals surface area contributed by atoms with Gasteiger partial charge in [0, 0.05) is 12.6 Å². The predicted octanol–water partition coefficient (Wildman–Crippen LogP) is 2.37. The molecule has 3 nitrogen and oxygen atoms in total. The van der Waals surface area contributed by atoms with Crippen LogP contribution in [0.3, 0.4) is 0 Å². The van der Waals surface area contributed by atoms with Gasteiger partial charge in [0.1, 0.15) is 6.61 Å². The maximum Gasteiger partial charge on any atom is 0.411 e. The number of nitrogens with two attached hydrogens (primary N) is 1. The van der Waals surface area contributed by atoms with E-state index in [1.54, 1.807) is 0 Å². The van der Waals surface area contributed by atoms with E-state index in [0.29, 0.717) is 6.42 Å². The minimum Gasteiger partial charge on any atom is -0.372 e. The number of alkyl halides is 3. The Morgan fingerprint density at radius 3 is 2.44 bits per heavy atom. The zero-order chi connectivity index (χ0) is 12.4. The highest BCUT2D eigenvalue weighted by Gasteiger charge is 2.27. The Bertz CT molecular complexity index is 165. The summed E-state index contributed by atoms with van der Waals surface area (Å²) in [4.78, 5) is 0. The second-order valence-electron chi connectivity index (χ2n) is 3.82. The standard InChI is InChI=1S/C10H21F3N2O/c1-2-3-4-5-9(15-14)6-7-16-8-10(11,12)13/h9,15H,2-8,14H2,1H3. The largest absolute Gasteiger partial charge is 0.411 e. The fraction of sp³-hybridized carbons (Fsp3) is 1.00. The van der Waals surface area contributed by atoms with Crippen LogP contribution in [0.4, 0.5) is 13.2 Å². The van der Waals surface area contributed by atoms with E-state index in [4.69, 9.17) is 5.84 Å². The lowest BCUT2D eigenvalue weighted by atomic mass is 10.1. The molecular weight excluding hydrogens is 221 g/mol. The van der Waals surface area contributed by atoms with Crippen LogP contribution >= 0.6 is 0 Å². The maximum absolute atomic E-state index is 11.7. The third kappa shape index (κ3) is 10.2. The van der Waals surface area contributed by atoms with Crippen molar-refractivity contribution in [2.75, 3.05) is 13.2 Å². The average molecular weight is 242 g/mol. The first-order chi connectivity index (χ1) is 7.49. The normalized spacial score (nSPS) is 14.1. The molecule has 0 heterocycles. The summed E-state index contributed by atoms with van der Waals surface area (Å²) in [6, 6.07) is 0.0415. The summed E-state index contributed by atoms with van der Waals surface area (Å²) in [5.41, 5.74) is 2.60. The smallest absolute Gasteiger partial charge is 0.372 e. The van der Waals surface area contributed by atoms with Crippen LogP contribution in [0.2, 0.25) is 0 Å². The summed E-state index contributed by atoms with van der Waals surface area (Å²) in [5.74, 6) is 5.30. The van der Waals surface area contributed by atoms with Crippen molar-refractivity contribution in [2.24, 2.45) is 5.84 Å². The van der Waals surface area contributed by atoms with Gasteiger partial charge in [-0.05, 0) is 12.8 Å². The molecule has 0 bridgehead atoms. The Morgan fingerprint density at radius 2 is 1.94 bits per heavy atom. The zero-order valence-electron chi connectivity index (χ0n) is 9.65. The van der Waals surface area contributed by atoms with Crippen molar-refractivity contribution in [2.45, 2.75) is 51.2 Å². The van der Waals surface area contributed by atoms with E-state index >= 15 is 0 Å². The van der Waals surface area contributed by atoms with Gasteiger partial charge in [0.2, 0.25) is 0 Å². The molecule has 0 rings (SSSR count). The van der Waals surface area contributed by atoms with Gasteiger partial charge in [-0.15, -0.1) is 0 Å². The maximum atomic E-state index is 11.7. The summed E-state index contributed by atoms with van der Waals surface area (Å²) < 4.78 is 39.8. The van der Waals surface area contributed by atoms with E-state index < -0.39 is 12.8 Å². The summed E-state index contributed by atoms with van der Waals surface area (Å²) in [5, 5.41) is 0. The lowest BCUT2D eigenvalue weighted by molar-refractivity contribution is -0.174. The number of rotatable bonds is 9. The molecule has 0 aliphatic carbocycles. The summed E-state index contributed by atoms with van der Waals surface area (Å²) in [6.07, 6.45) is 0.401. The molecule has 1 unspecified atom stereocenters. The van der Waals surface area contributed by atoms with E-state index in [0.717, 1.165) is 25.7 Å². The number of hydrogen-bond donors (Lipinski definition) is 2.